The maximum Gasteiger partial charge on any atom is 0.437 e. The number of aromatic nitrogens is 2. The van der Waals surface area contributed by atoms with E-state index in [-0.39, 0.29) is 18.6 Å². The van der Waals surface area contributed by atoms with Gasteiger partial charge in [0, 0.05) is 12.6 Å². The van der Waals surface area contributed by atoms with Crippen LogP contribution in [0, 0.1) is 13.8 Å². The van der Waals surface area contributed by atoms with Crippen LogP contribution in [0.4, 0.5) is 4.79 Å². The number of thiol groups is 1. The lowest BCUT2D eigenvalue weighted by atomic mass is 10.0. The van der Waals surface area contributed by atoms with Gasteiger partial charge in [0.15, 0.2) is 0 Å². The van der Waals surface area contributed by atoms with E-state index in [1.165, 1.54) is 4.31 Å². The number of nitrogens with zero attached hydrogens (tertiary/aromatic N) is 4. The number of fused-ring (bicyclic) bond motifs is 1. The van der Waals surface area contributed by atoms with E-state index in [4.69, 9.17) is 4.74 Å². The molecule has 3 aromatic carbocycles. The summed E-state index contributed by atoms with van der Waals surface area (Å²) in [5.74, 6) is 0. The molecule has 4 aromatic rings. The molecule has 1 aromatic heterocycles. The van der Waals surface area contributed by atoms with Crippen molar-refractivity contribution in [1.82, 2.24) is 13.4 Å². The fraction of sp³-hybridized carbons (Fsp3) is 0.394. The lowest BCUT2D eigenvalue weighted by molar-refractivity contribution is 0.0593. The van der Waals surface area contributed by atoms with Gasteiger partial charge in [0.1, 0.15) is 5.60 Å². The Bertz CT molecular complexity index is 1670. The predicted molar refractivity (Wildman–Crippen MR) is 168 cm³/mol. The molecule has 224 valence electrons. The molecule has 0 aliphatic carbocycles. The van der Waals surface area contributed by atoms with E-state index in [1.54, 1.807) is 0 Å². The van der Waals surface area contributed by atoms with Crippen LogP contribution in [0.15, 0.2) is 77.8 Å². The maximum absolute atomic E-state index is 13.2. The van der Waals surface area contributed by atoms with E-state index in [1.807, 2.05) is 81.9 Å². The Balaban J connectivity index is 2.00. The molecule has 1 amide bonds. The summed E-state index contributed by atoms with van der Waals surface area (Å²) in [6, 6.07) is 23.8. The molecule has 0 spiro atoms. The second-order valence-corrected chi connectivity index (χ2v) is 13.1. The summed E-state index contributed by atoms with van der Waals surface area (Å²) in [6.07, 6.45) is -0.166. The normalized spacial score (nSPS) is 13.4. The maximum atomic E-state index is 13.2. The van der Waals surface area contributed by atoms with Crippen LogP contribution >= 0.6 is 0 Å². The second-order valence-electron chi connectivity index (χ2n) is 12.1. The number of carbonyl (C=O) groups excluding carboxylic acids is 1. The second kappa shape index (κ2) is 13.1. The van der Waals surface area contributed by atoms with E-state index in [0.717, 1.165) is 33.3 Å². The number of carbonyl (C=O) groups is 1. The molecule has 4 rings (SSSR count). The molecule has 0 aliphatic heterocycles. The van der Waals surface area contributed by atoms with Gasteiger partial charge >= 0.3 is 6.09 Å². The van der Waals surface area contributed by atoms with Gasteiger partial charge in [-0.2, -0.15) is 4.31 Å². The Labute approximate surface area is 250 Å². The number of hydrogen-bond acceptors (Lipinski definition) is 4. The van der Waals surface area contributed by atoms with E-state index < -0.39 is 22.6 Å². The average molecular weight is 591 g/mol. The number of amides is 1. The highest BCUT2D eigenvalue weighted by Gasteiger charge is 2.26. The van der Waals surface area contributed by atoms with Crippen molar-refractivity contribution in [3.05, 3.63) is 101 Å². The third-order valence-corrected chi connectivity index (χ3v) is 8.14. The zero-order valence-corrected chi connectivity index (χ0v) is 26.5. The molecule has 1 atom stereocenters. The van der Waals surface area contributed by atoms with Crippen molar-refractivity contribution in [1.29, 1.82) is 0 Å². The molecule has 8 nitrogen and oxygen atoms in total. The minimum Gasteiger partial charge on any atom is -0.442 e. The van der Waals surface area contributed by atoms with Gasteiger partial charge in [0.25, 0.3) is 0 Å². The van der Waals surface area contributed by atoms with Crippen LogP contribution in [-0.4, -0.2) is 46.1 Å². The Kier molecular flexibility index (Phi) is 9.74. The van der Waals surface area contributed by atoms with Crippen molar-refractivity contribution in [2.75, 3.05) is 6.54 Å². The van der Waals surface area contributed by atoms with Crippen LogP contribution in [0.5, 0.6) is 0 Å². The summed E-state index contributed by atoms with van der Waals surface area (Å²) in [5, 5.41) is 0. The molecular weight excluding hydrogens is 548 g/mol. The van der Waals surface area contributed by atoms with E-state index in [2.05, 4.69) is 53.5 Å². The Morgan fingerprint density at radius 2 is 1.43 bits per heavy atom. The standard InChI is InChI=1S/C33H42N4O4S/c1-23(2)36(42(39)40)22-28(20-26-16-12-24(3)13-17-26)37-30-11-9-8-10-29(30)35(21-27-18-14-25(4)15-19-27)31(37)34-32(38)41-33(5,6)7/h8-19,23,28,42H,20-22H2,1-7H3. The molecule has 0 N–H and O–H groups in total. The molecule has 0 saturated heterocycles. The van der Waals surface area contributed by atoms with E-state index >= 15 is 0 Å². The van der Waals surface area contributed by atoms with E-state index in [0.29, 0.717) is 18.6 Å². The molecule has 0 radical (unpaired) electrons. The van der Waals surface area contributed by atoms with Gasteiger partial charge in [0.2, 0.25) is 16.5 Å². The van der Waals surface area contributed by atoms with Gasteiger partial charge in [-0.05, 0) is 78.1 Å². The van der Waals surface area contributed by atoms with E-state index in [9.17, 15) is 13.2 Å². The first-order valence-corrected chi connectivity index (χ1v) is 15.4. The van der Waals surface area contributed by atoms with Crippen LogP contribution in [0.3, 0.4) is 0 Å². The first-order valence-electron chi connectivity index (χ1n) is 14.3. The highest BCUT2D eigenvalue weighted by Crippen LogP contribution is 2.24. The van der Waals surface area contributed by atoms with Gasteiger partial charge in [-0.1, -0.05) is 71.8 Å². The number of imidazole rings is 1. The topological polar surface area (TPSA) is 85.9 Å². The van der Waals surface area contributed by atoms with Crippen molar-refractivity contribution >= 4 is 28.0 Å². The van der Waals surface area contributed by atoms with Gasteiger partial charge in [0.05, 0.1) is 23.6 Å². The van der Waals surface area contributed by atoms with Crippen LogP contribution in [0.1, 0.15) is 62.9 Å². The molecule has 0 fully saturated rings. The summed E-state index contributed by atoms with van der Waals surface area (Å²) >= 11 is 0. The van der Waals surface area contributed by atoms with Crippen molar-refractivity contribution in [2.24, 2.45) is 4.99 Å². The summed E-state index contributed by atoms with van der Waals surface area (Å²) in [7, 11) is -2.84. The smallest absolute Gasteiger partial charge is 0.437 e. The minimum absolute atomic E-state index is 0.213. The monoisotopic (exact) mass is 590 g/mol. The lowest BCUT2D eigenvalue weighted by Crippen LogP contribution is -2.40. The molecule has 0 aliphatic rings. The number of ether oxygens (including phenoxy) is 1. The van der Waals surface area contributed by atoms with Crippen LogP contribution in [0.2, 0.25) is 0 Å². The van der Waals surface area contributed by atoms with Crippen molar-refractivity contribution in [3.63, 3.8) is 0 Å². The molecule has 0 saturated carbocycles. The fourth-order valence-corrected chi connectivity index (χ4v) is 5.73. The first-order chi connectivity index (χ1) is 19.8. The highest BCUT2D eigenvalue weighted by atomic mass is 32.2. The third-order valence-electron chi connectivity index (χ3n) is 7.10. The van der Waals surface area contributed by atoms with Crippen molar-refractivity contribution in [3.8, 4) is 0 Å². The summed E-state index contributed by atoms with van der Waals surface area (Å²) in [6.45, 7) is 13.9. The highest BCUT2D eigenvalue weighted by molar-refractivity contribution is 7.69. The number of rotatable bonds is 9. The van der Waals surface area contributed by atoms with Crippen LogP contribution < -0.4 is 5.62 Å². The largest absolute Gasteiger partial charge is 0.442 e. The minimum atomic E-state index is -2.84. The molecule has 1 unspecified atom stereocenters. The van der Waals surface area contributed by atoms with Crippen molar-refractivity contribution in [2.45, 2.75) is 79.1 Å². The Hall–Kier alpha value is -3.69. The van der Waals surface area contributed by atoms with Gasteiger partial charge in [-0.3, -0.25) is 0 Å². The lowest BCUT2D eigenvalue weighted by Gasteiger charge is -2.27. The summed E-state index contributed by atoms with van der Waals surface area (Å²) in [4.78, 5) is 17.8. The zero-order chi connectivity index (χ0) is 30.6. The van der Waals surface area contributed by atoms with Gasteiger partial charge < -0.3 is 13.9 Å². The zero-order valence-electron chi connectivity index (χ0n) is 25.6. The molecule has 1 heterocycles. The SMILES string of the molecule is Cc1ccc(CC(CN(C(C)C)[SH](=O)=O)n2c(=NC(=O)OC(C)(C)C)n(Cc3ccc(C)cc3)c3ccccc32)cc1. The van der Waals surface area contributed by atoms with Gasteiger partial charge in [-0.15, -0.1) is 4.99 Å². The molecule has 9 heteroatoms. The first kappa shape index (κ1) is 31.3. The fourth-order valence-electron chi connectivity index (χ4n) is 5.03. The van der Waals surface area contributed by atoms with Gasteiger partial charge in [-0.25, -0.2) is 13.2 Å². The Morgan fingerprint density at radius 3 is 1.95 bits per heavy atom. The average Bonchev–Trinajstić information content (AvgIpc) is 3.20. The Morgan fingerprint density at radius 1 is 0.881 bits per heavy atom. The quantitative estimate of drug-likeness (QED) is 0.244. The number of hydrogen-bond donors (Lipinski definition) is 1. The summed E-state index contributed by atoms with van der Waals surface area (Å²) < 4.78 is 36.0. The predicted octanol–water partition coefficient (Wildman–Crippen LogP) is 5.96. The number of para-hydroxylation sites is 2. The van der Waals surface area contributed by atoms with Crippen LogP contribution in [0.25, 0.3) is 11.0 Å². The molecule has 42 heavy (non-hydrogen) atoms. The van der Waals surface area contributed by atoms with Crippen LogP contribution in [-0.2, 0) is 28.6 Å². The van der Waals surface area contributed by atoms with Crippen molar-refractivity contribution < 1.29 is 17.9 Å². The number of aryl methyl sites for hydroxylation is 2. The molecular formula is C33H42N4O4S. The number of benzene rings is 3. The summed E-state index contributed by atoms with van der Waals surface area (Å²) in [5.41, 5.74) is 5.83. The third kappa shape index (κ3) is 7.77. The molecule has 0 bridgehead atoms.